The molecule has 0 saturated carbocycles. The Bertz CT molecular complexity index is 878. The van der Waals surface area contributed by atoms with Crippen molar-refractivity contribution in [1.29, 1.82) is 0 Å². The Kier molecular flexibility index (Phi) is 2.10. The third-order valence-corrected chi connectivity index (χ3v) is 2.93. The van der Waals surface area contributed by atoms with Crippen LogP contribution >= 0.6 is 0 Å². The van der Waals surface area contributed by atoms with Gasteiger partial charge in [0.15, 0.2) is 23.0 Å². The molecule has 6 heteroatoms. The normalized spacial score (nSPS) is 11.2. The maximum Gasteiger partial charge on any atom is 0.348 e. The zero-order chi connectivity index (χ0) is 13.7. The highest BCUT2D eigenvalue weighted by atomic mass is 16.4. The fourth-order valence-electron chi connectivity index (χ4n) is 2.01. The number of aromatic hydroxyl groups is 4. The van der Waals surface area contributed by atoms with Crippen molar-refractivity contribution in [3.05, 3.63) is 34.7 Å². The van der Waals surface area contributed by atoms with Crippen LogP contribution in [-0.2, 0) is 0 Å². The number of phenols is 4. The summed E-state index contributed by atoms with van der Waals surface area (Å²) in [7, 11) is 0. The first-order valence-corrected chi connectivity index (χ1v) is 5.32. The molecule has 3 aromatic rings. The number of hydrogen-bond acceptors (Lipinski definition) is 6. The summed E-state index contributed by atoms with van der Waals surface area (Å²) in [6, 6.07) is 4.96. The monoisotopic (exact) mass is 260 g/mol. The Balaban J connectivity index is 2.64. The number of benzene rings is 2. The van der Waals surface area contributed by atoms with Gasteiger partial charge in [-0.3, -0.25) is 0 Å². The Hall–Kier alpha value is -2.89. The molecule has 96 valence electrons. The van der Waals surface area contributed by atoms with E-state index in [2.05, 4.69) is 0 Å². The molecule has 2 aromatic carbocycles. The van der Waals surface area contributed by atoms with E-state index < -0.39 is 22.9 Å². The van der Waals surface area contributed by atoms with Crippen molar-refractivity contribution in [1.82, 2.24) is 0 Å². The molecule has 19 heavy (non-hydrogen) atoms. The first kappa shape index (κ1) is 11.2. The molecule has 0 saturated heterocycles. The lowest BCUT2D eigenvalue weighted by atomic mass is 10.1. The minimum absolute atomic E-state index is 0.0675. The van der Waals surface area contributed by atoms with E-state index in [1.54, 1.807) is 0 Å². The topological polar surface area (TPSA) is 111 Å². The highest BCUT2D eigenvalue weighted by Crippen LogP contribution is 2.37. The summed E-state index contributed by atoms with van der Waals surface area (Å²) < 4.78 is 4.95. The Morgan fingerprint density at radius 1 is 0.842 bits per heavy atom. The van der Waals surface area contributed by atoms with Crippen molar-refractivity contribution in [3.8, 4) is 23.0 Å². The standard InChI is InChI=1S/C13H8O6/c14-7-2-1-5-6-3-8(15)9(16)4-10(6)19-13(18)11(5)12(7)17/h1-4,14-17H. The zero-order valence-electron chi connectivity index (χ0n) is 9.41. The highest BCUT2D eigenvalue weighted by molar-refractivity contribution is 6.07. The van der Waals surface area contributed by atoms with Crippen LogP contribution in [0.5, 0.6) is 23.0 Å². The number of fused-ring (bicyclic) bond motifs is 3. The number of hydrogen-bond donors (Lipinski definition) is 4. The van der Waals surface area contributed by atoms with Crippen molar-refractivity contribution in [2.24, 2.45) is 0 Å². The van der Waals surface area contributed by atoms with Gasteiger partial charge in [0, 0.05) is 16.8 Å². The third kappa shape index (κ3) is 1.46. The average molecular weight is 260 g/mol. The van der Waals surface area contributed by atoms with Crippen LogP contribution in [0, 0.1) is 0 Å². The molecule has 0 aliphatic carbocycles. The van der Waals surface area contributed by atoms with E-state index in [4.69, 9.17) is 4.42 Å². The van der Waals surface area contributed by atoms with Gasteiger partial charge < -0.3 is 24.8 Å². The summed E-state index contributed by atoms with van der Waals surface area (Å²) in [5, 5.41) is 38.4. The van der Waals surface area contributed by atoms with Crippen molar-refractivity contribution in [2.45, 2.75) is 0 Å². The molecule has 0 aliphatic rings. The first-order chi connectivity index (χ1) is 8.99. The predicted molar refractivity (Wildman–Crippen MR) is 66.6 cm³/mol. The smallest absolute Gasteiger partial charge is 0.348 e. The maximum absolute atomic E-state index is 11.8. The second-order valence-corrected chi connectivity index (χ2v) is 4.08. The van der Waals surface area contributed by atoms with E-state index in [9.17, 15) is 25.2 Å². The molecule has 0 fully saturated rings. The number of phenolic OH excluding ortho intramolecular Hbond substituents is 4. The largest absolute Gasteiger partial charge is 0.504 e. The lowest BCUT2D eigenvalue weighted by Gasteiger charge is -2.06. The fourth-order valence-corrected chi connectivity index (χ4v) is 2.01. The highest BCUT2D eigenvalue weighted by Gasteiger charge is 2.15. The summed E-state index contributed by atoms with van der Waals surface area (Å²) in [5.41, 5.74) is -0.779. The second kappa shape index (κ2) is 3.55. The molecule has 1 aromatic heterocycles. The molecule has 0 radical (unpaired) electrons. The van der Waals surface area contributed by atoms with E-state index in [0.717, 1.165) is 6.07 Å². The Morgan fingerprint density at radius 3 is 2.26 bits per heavy atom. The van der Waals surface area contributed by atoms with E-state index in [0.29, 0.717) is 10.8 Å². The van der Waals surface area contributed by atoms with Crippen molar-refractivity contribution in [3.63, 3.8) is 0 Å². The lowest BCUT2D eigenvalue weighted by molar-refractivity contribution is 0.402. The summed E-state index contributed by atoms with van der Waals surface area (Å²) in [6.07, 6.45) is 0. The van der Waals surface area contributed by atoms with Gasteiger partial charge in [-0.15, -0.1) is 0 Å². The van der Waals surface area contributed by atoms with Crippen molar-refractivity contribution in [2.75, 3.05) is 0 Å². The lowest BCUT2D eigenvalue weighted by Crippen LogP contribution is -2.00. The third-order valence-electron chi connectivity index (χ3n) is 2.93. The second-order valence-electron chi connectivity index (χ2n) is 4.08. The molecule has 4 N–H and O–H groups in total. The molecule has 6 nitrogen and oxygen atoms in total. The number of rotatable bonds is 0. The summed E-state index contributed by atoms with van der Waals surface area (Å²) in [4.78, 5) is 11.8. The molecule has 0 atom stereocenters. The van der Waals surface area contributed by atoms with Crippen LogP contribution in [0.2, 0.25) is 0 Å². The fraction of sp³-hybridized carbons (Fsp3) is 0. The first-order valence-electron chi connectivity index (χ1n) is 5.32. The molecule has 0 aliphatic heterocycles. The van der Waals surface area contributed by atoms with Gasteiger partial charge in [-0.1, -0.05) is 0 Å². The maximum atomic E-state index is 11.8. The Labute approximate surface area is 105 Å². The van der Waals surface area contributed by atoms with E-state index in [1.165, 1.54) is 18.2 Å². The van der Waals surface area contributed by atoms with Gasteiger partial charge in [-0.25, -0.2) is 4.79 Å². The van der Waals surface area contributed by atoms with Gasteiger partial charge in [-0.2, -0.15) is 0 Å². The molecular weight excluding hydrogens is 252 g/mol. The summed E-state index contributed by atoms with van der Waals surface area (Å²) in [6.45, 7) is 0. The molecule has 3 rings (SSSR count). The van der Waals surface area contributed by atoms with Gasteiger partial charge in [-0.05, 0) is 18.2 Å². The van der Waals surface area contributed by atoms with Gasteiger partial charge in [0.1, 0.15) is 11.0 Å². The van der Waals surface area contributed by atoms with Gasteiger partial charge in [0.2, 0.25) is 0 Å². The van der Waals surface area contributed by atoms with E-state index in [-0.39, 0.29) is 16.7 Å². The molecule has 1 heterocycles. The van der Waals surface area contributed by atoms with Gasteiger partial charge in [0.25, 0.3) is 0 Å². The van der Waals surface area contributed by atoms with Crippen LogP contribution in [0.15, 0.2) is 33.5 Å². The van der Waals surface area contributed by atoms with E-state index in [1.807, 2.05) is 0 Å². The molecule has 0 spiro atoms. The van der Waals surface area contributed by atoms with Crippen LogP contribution in [0.3, 0.4) is 0 Å². The SMILES string of the molecule is O=c1oc2cc(O)c(O)cc2c2ccc(O)c(O)c12. The van der Waals surface area contributed by atoms with Crippen LogP contribution in [-0.4, -0.2) is 20.4 Å². The minimum atomic E-state index is -0.846. The van der Waals surface area contributed by atoms with Crippen molar-refractivity contribution < 1.29 is 24.8 Å². The average Bonchev–Trinajstić information content (AvgIpc) is 2.36. The van der Waals surface area contributed by atoms with Crippen molar-refractivity contribution >= 4 is 21.7 Å². The van der Waals surface area contributed by atoms with E-state index >= 15 is 0 Å². The molecule has 0 bridgehead atoms. The van der Waals surface area contributed by atoms with Crippen LogP contribution < -0.4 is 5.63 Å². The summed E-state index contributed by atoms with van der Waals surface area (Å²) in [5.74, 6) is -1.82. The van der Waals surface area contributed by atoms with Crippen LogP contribution in [0.25, 0.3) is 21.7 Å². The zero-order valence-corrected chi connectivity index (χ0v) is 9.41. The molecular formula is C13H8O6. The summed E-state index contributed by atoms with van der Waals surface area (Å²) >= 11 is 0. The predicted octanol–water partition coefficient (Wildman–Crippen LogP) is 1.77. The van der Waals surface area contributed by atoms with Gasteiger partial charge in [0.05, 0.1) is 0 Å². The van der Waals surface area contributed by atoms with Crippen LogP contribution in [0.4, 0.5) is 0 Å². The minimum Gasteiger partial charge on any atom is -0.504 e. The molecule has 0 unspecified atom stereocenters. The molecule has 0 amide bonds. The quantitative estimate of drug-likeness (QED) is 0.278. The van der Waals surface area contributed by atoms with Gasteiger partial charge >= 0.3 is 5.63 Å². The Morgan fingerprint density at radius 2 is 1.53 bits per heavy atom. The van der Waals surface area contributed by atoms with Crippen LogP contribution in [0.1, 0.15) is 0 Å².